The maximum atomic E-state index is 11.6. The Bertz CT molecular complexity index is 463. The number of rotatable bonds is 5. The van der Waals surface area contributed by atoms with Crippen LogP contribution in [0.2, 0.25) is 5.02 Å². The van der Waals surface area contributed by atoms with Crippen molar-refractivity contribution in [2.24, 2.45) is 0 Å². The number of halogens is 1. The molecular formula is C13H17ClN2O3. The molecule has 0 fully saturated rings. The highest BCUT2D eigenvalue weighted by atomic mass is 35.5. The average molecular weight is 285 g/mol. The number of urea groups is 1. The minimum absolute atomic E-state index is 0.233. The lowest BCUT2D eigenvalue weighted by Gasteiger charge is -2.09. The molecule has 0 aliphatic heterocycles. The summed E-state index contributed by atoms with van der Waals surface area (Å²) in [5, 5.41) is 5.58. The number of benzene rings is 1. The van der Waals surface area contributed by atoms with Gasteiger partial charge in [0, 0.05) is 12.2 Å². The third-order valence-electron chi connectivity index (χ3n) is 2.26. The minimum Gasteiger partial charge on any atom is -0.462 e. The van der Waals surface area contributed by atoms with E-state index >= 15 is 0 Å². The molecule has 1 aromatic carbocycles. The molecule has 0 heterocycles. The molecular weight excluding hydrogens is 268 g/mol. The first-order valence-corrected chi connectivity index (χ1v) is 6.47. The van der Waals surface area contributed by atoms with E-state index in [-0.39, 0.29) is 23.2 Å². The van der Waals surface area contributed by atoms with Crippen molar-refractivity contribution in [3.8, 4) is 0 Å². The number of hydrogen-bond donors (Lipinski definition) is 2. The molecule has 0 aliphatic carbocycles. The van der Waals surface area contributed by atoms with Crippen molar-refractivity contribution in [1.29, 1.82) is 0 Å². The van der Waals surface area contributed by atoms with E-state index in [9.17, 15) is 9.59 Å². The largest absolute Gasteiger partial charge is 0.462 e. The lowest BCUT2D eigenvalue weighted by atomic mass is 10.2. The van der Waals surface area contributed by atoms with Gasteiger partial charge in [-0.25, -0.2) is 9.59 Å². The summed E-state index contributed by atoms with van der Waals surface area (Å²) < 4.78 is 4.88. The molecule has 6 heteroatoms. The summed E-state index contributed by atoms with van der Waals surface area (Å²) in [6.45, 7) is 4.53. The van der Waals surface area contributed by atoms with Crippen molar-refractivity contribution < 1.29 is 14.3 Å². The zero-order chi connectivity index (χ0) is 14.3. The highest BCUT2D eigenvalue weighted by Crippen LogP contribution is 2.21. The van der Waals surface area contributed by atoms with E-state index in [0.717, 1.165) is 6.42 Å². The number of carbonyl (C=O) groups excluding carboxylic acids is 2. The van der Waals surface area contributed by atoms with Crippen LogP contribution in [0.3, 0.4) is 0 Å². The van der Waals surface area contributed by atoms with Crippen LogP contribution in [0.1, 0.15) is 30.6 Å². The molecule has 2 amide bonds. The van der Waals surface area contributed by atoms with Gasteiger partial charge in [0.1, 0.15) is 0 Å². The summed E-state index contributed by atoms with van der Waals surface area (Å²) in [7, 11) is 0. The van der Waals surface area contributed by atoms with Crippen molar-refractivity contribution in [2.45, 2.75) is 20.3 Å². The molecule has 0 saturated carbocycles. The fraction of sp³-hybridized carbons (Fsp3) is 0.385. The number of hydrogen-bond acceptors (Lipinski definition) is 3. The van der Waals surface area contributed by atoms with E-state index in [4.69, 9.17) is 16.3 Å². The number of esters is 1. The quantitative estimate of drug-likeness (QED) is 0.817. The molecule has 0 aliphatic rings. The minimum atomic E-state index is -0.509. The Hall–Kier alpha value is -1.75. The second-order valence-corrected chi connectivity index (χ2v) is 4.20. The Kier molecular flexibility index (Phi) is 6.15. The SMILES string of the molecule is CCCNC(=O)Nc1ccc(Cl)c(C(=O)OCC)c1. The predicted molar refractivity (Wildman–Crippen MR) is 74.7 cm³/mol. The average Bonchev–Trinajstić information content (AvgIpc) is 2.39. The molecule has 0 bridgehead atoms. The first-order chi connectivity index (χ1) is 9.08. The van der Waals surface area contributed by atoms with Crippen molar-refractivity contribution in [2.75, 3.05) is 18.5 Å². The maximum Gasteiger partial charge on any atom is 0.339 e. The molecule has 104 valence electrons. The van der Waals surface area contributed by atoms with Gasteiger partial charge in [-0.3, -0.25) is 0 Å². The van der Waals surface area contributed by atoms with Gasteiger partial charge < -0.3 is 15.4 Å². The molecule has 1 aromatic rings. The van der Waals surface area contributed by atoms with Crippen molar-refractivity contribution in [1.82, 2.24) is 5.32 Å². The van der Waals surface area contributed by atoms with Gasteiger partial charge in [-0.05, 0) is 31.5 Å². The van der Waals surface area contributed by atoms with Crippen molar-refractivity contribution in [3.05, 3.63) is 28.8 Å². The van der Waals surface area contributed by atoms with Gasteiger partial charge in [0.05, 0.1) is 17.2 Å². The molecule has 0 radical (unpaired) electrons. The second kappa shape index (κ2) is 7.63. The number of amides is 2. The molecule has 0 spiro atoms. The third kappa shape index (κ3) is 4.79. The number of carbonyl (C=O) groups is 2. The van der Waals surface area contributed by atoms with Crippen molar-refractivity contribution in [3.63, 3.8) is 0 Å². The topological polar surface area (TPSA) is 67.4 Å². The van der Waals surface area contributed by atoms with Crippen LogP contribution in [0.25, 0.3) is 0 Å². The fourth-order valence-corrected chi connectivity index (χ4v) is 1.58. The van der Waals surface area contributed by atoms with Crippen molar-refractivity contribution >= 4 is 29.3 Å². The summed E-state index contributed by atoms with van der Waals surface area (Å²) in [5.74, 6) is -0.509. The Morgan fingerprint density at radius 2 is 2.05 bits per heavy atom. The summed E-state index contributed by atoms with van der Waals surface area (Å²) in [6.07, 6.45) is 0.849. The Labute approximate surface area is 117 Å². The number of nitrogens with one attached hydrogen (secondary N) is 2. The molecule has 0 saturated heterocycles. The van der Waals surface area contributed by atoms with Gasteiger partial charge >= 0.3 is 12.0 Å². The van der Waals surface area contributed by atoms with Crippen LogP contribution in [-0.4, -0.2) is 25.2 Å². The Morgan fingerprint density at radius 3 is 2.68 bits per heavy atom. The molecule has 0 atom stereocenters. The van der Waals surface area contributed by atoms with Gasteiger partial charge in [-0.2, -0.15) is 0 Å². The Morgan fingerprint density at radius 1 is 1.32 bits per heavy atom. The van der Waals surface area contributed by atoms with Gasteiger partial charge in [-0.15, -0.1) is 0 Å². The highest BCUT2D eigenvalue weighted by Gasteiger charge is 2.13. The molecule has 0 unspecified atom stereocenters. The first-order valence-electron chi connectivity index (χ1n) is 6.10. The van der Waals surface area contributed by atoms with E-state index in [2.05, 4.69) is 10.6 Å². The molecule has 1 rings (SSSR count). The normalized spacial score (nSPS) is 9.84. The van der Waals surface area contributed by atoms with Crippen LogP contribution >= 0.6 is 11.6 Å². The molecule has 19 heavy (non-hydrogen) atoms. The monoisotopic (exact) mass is 284 g/mol. The summed E-state index contributed by atoms with van der Waals surface area (Å²) in [5.41, 5.74) is 0.720. The van der Waals surface area contributed by atoms with E-state index in [0.29, 0.717) is 12.2 Å². The van der Waals surface area contributed by atoms with E-state index < -0.39 is 5.97 Å². The standard InChI is InChI=1S/C13H17ClN2O3/c1-3-7-15-13(18)16-9-5-6-11(14)10(8-9)12(17)19-4-2/h5-6,8H,3-4,7H2,1-2H3,(H2,15,16,18). The van der Waals surface area contributed by atoms with Gasteiger partial charge in [0.15, 0.2) is 0 Å². The molecule has 0 aromatic heterocycles. The van der Waals surface area contributed by atoms with Gasteiger partial charge in [0.2, 0.25) is 0 Å². The first kappa shape index (κ1) is 15.3. The van der Waals surface area contributed by atoms with Crippen LogP contribution in [-0.2, 0) is 4.74 Å². The Balaban J connectivity index is 2.78. The number of anilines is 1. The van der Waals surface area contributed by atoms with Gasteiger partial charge in [0.25, 0.3) is 0 Å². The van der Waals surface area contributed by atoms with Crippen LogP contribution in [0, 0.1) is 0 Å². The van der Waals surface area contributed by atoms with E-state index in [1.807, 2.05) is 6.92 Å². The predicted octanol–water partition coefficient (Wildman–Crippen LogP) is 3.05. The molecule has 5 nitrogen and oxygen atoms in total. The summed E-state index contributed by atoms with van der Waals surface area (Å²) >= 11 is 5.92. The second-order valence-electron chi connectivity index (χ2n) is 3.80. The summed E-state index contributed by atoms with van der Waals surface area (Å²) in [6, 6.07) is 4.34. The summed E-state index contributed by atoms with van der Waals surface area (Å²) in [4.78, 5) is 23.1. The van der Waals surface area contributed by atoms with E-state index in [1.54, 1.807) is 19.1 Å². The third-order valence-corrected chi connectivity index (χ3v) is 2.58. The van der Waals surface area contributed by atoms with Crippen LogP contribution in [0.15, 0.2) is 18.2 Å². The smallest absolute Gasteiger partial charge is 0.339 e. The van der Waals surface area contributed by atoms with Crippen LogP contribution in [0.4, 0.5) is 10.5 Å². The lowest BCUT2D eigenvalue weighted by Crippen LogP contribution is -2.29. The van der Waals surface area contributed by atoms with Gasteiger partial charge in [-0.1, -0.05) is 18.5 Å². The van der Waals surface area contributed by atoms with Crippen LogP contribution < -0.4 is 10.6 Å². The molecule has 2 N–H and O–H groups in total. The number of ether oxygens (including phenoxy) is 1. The highest BCUT2D eigenvalue weighted by molar-refractivity contribution is 6.33. The fourth-order valence-electron chi connectivity index (χ4n) is 1.38. The zero-order valence-electron chi connectivity index (χ0n) is 11.0. The lowest BCUT2D eigenvalue weighted by molar-refractivity contribution is 0.0526. The zero-order valence-corrected chi connectivity index (χ0v) is 11.7. The van der Waals surface area contributed by atoms with E-state index in [1.165, 1.54) is 6.07 Å². The van der Waals surface area contributed by atoms with Crippen LogP contribution in [0.5, 0.6) is 0 Å². The maximum absolute atomic E-state index is 11.6.